The third-order valence-electron chi connectivity index (χ3n) is 3.46. The highest BCUT2D eigenvalue weighted by Crippen LogP contribution is 2.46. The van der Waals surface area contributed by atoms with Crippen LogP contribution in [0.1, 0.15) is 27.2 Å². The van der Waals surface area contributed by atoms with Gasteiger partial charge < -0.3 is 10.4 Å². The fourth-order valence-electron chi connectivity index (χ4n) is 2.57. The third kappa shape index (κ3) is 1.09. The summed E-state index contributed by atoms with van der Waals surface area (Å²) in [6, 6.07) is 0.615. The summed E-state index contributed by atoms with van der Waals surface area (Å²) < 4.78 is 0. The topological polar surface area (TPSA) is 32.3 Å². The van der Waals surface area contributed by atoms with Crippen LogP contribution in [-0.2, 0) is 0 Å². The lowest BCUT2D eigenvalue weighted by Crippen LogP contribution is -2.49. The van der Waals surface area contributed by atoms with Gasteiger partial charge in [-0.15, -0.1) is 0 Å². The second-order valence-corrected chi connectivity index (χ2v) is 5.40. The summed E-state index contributed by atoms with van der Waals surface area (Å²) in [5, 5.41) is 13.5. The fraction of sp³-hybridized carbons (Fsp3) is 1.00. The van der Waals surface area contributed by atoms with Crippen molar-refractivity contribution in [3.05, 3.63) is 0 Å². The van der Waals surface area contributed by atoms with Gasteiger partial charge in [0.1, 0.15) is 0 Å². The maximum absolute atomic E-state index is 10.0. The first-order chi connectivity index (χ1) is 5.50. The lowest BCUT2D eigenvalue weighted by molar-refractivity contribution is -0.0411. The minimum absolute atomic E-state index is 0.0492. The highest BCUT2D eigenvalue weighted by Gasteiger charge is 2.52. The average Bonchev–Trinajstić information content (AvgIpc) is 2.41. The van der Waals surface area contributed by atoms with E-state index in [4.69, 9.17) is 0 Å². The van der Waals surface area contributed by atoms with E-state index in [2.05, 4.69) is 26.1 Å². The summed E-state index contributed by atoms with van der Waals surface area (Å²) in [4.78, 5) is 0. The van der Waals surface area contributed by atoms with E-state index in [1.807, 2.05) is 0 Å². The zero-order valence-electron chi connectivity index (χ0n) is 8.17. The van der Waals surface area contributed by atoms with Crippen LogP contribution in [0.25, 0.3) is 0 Å². The van der Waals surface area contributed by atoms with Crippen LogP contribution in [0.15, 0.2) is 0 Å². The molecule has 70 valence electrons. The molecule has 3 rings (SSSR count). The number of aliphatic hydroxyl groups is 1. The van der Waals surface area contributed by atoms with E-state index in [0.29, 0.717) is 12.0 Å². The standard InChI is InChI=1S/C10H19NO/c1-10(2,3)9(12)8-6-4-7(8)11-5-6/h6-9,11-12H,4-5H2,1-3H3. The van der Waals surface area contributed by atoms with E-state index in [9.17, 15) is 5.11 Å². The molecule has 2 saturated heterocycles. The molecule has 0 amide bonds. The Morgan fingerprint density at radius 3 is 2.42 bits per heavy atom. The van der Waals surface area contributed by atoms with Gasteiger partial charge in [0, 0.05) is 12.0 Å². The number of rotatable bonds is 1. The van der Waals surface area contributed by atoms with Gasteiger partial charge in [0.25, 0.3) is 0 Å². The second kappa shape index (κ2) is 2.46. The lowest BCUT2D eigenvalue weighted by Gasteiger charge is -2.43. The molecule has 2 nitrogen and oxygen atoms in total. The van der Waals surface area contributed by atoms with Crippen LogP contribution in [0.5, 0.6) is 0 Å². The van der Waals surface area contributed by atoms with Gasteiger partial charge in [0.2, 0.25) is 0 Å². The summed E-state index contributed by atoms with van der Waals surface area (Å²) in [6.07, 6.45) is 1.16. The number of fused-ring (bicyclic) bond motifs is 1. The maximum Gasteiger partial charge on any atom is 0.0634 e. The molecule has 2 aliphatic heterocycles. The van der Waals surface area contributed by atoms with Gasteiger partial charge in [-0.25, -0.2) is 0 Å². The van der Waals surface area contributed by atoms with Gasteiger partial charge in [-0.05, 0) is 24.3 Å². The second-order valence-electron chi connectivity index (χ2n) is 5.40. The van der Waals surface area contributed by atoms with Crippen molar-refractivity contribution in [2.24, 2.45) is 17.3 Å². The Labute approximate surface area is 74.4 Å². The minimum Gasteiger partial charge on any atom is -0.392 e. The van der Waals surface area contributed by atoms with E-state index >= 15 is 0 Å². The Morgan fingerprint density at radius 2 is 2.08 bits per heavy atom. The smallest absolute Gasteiger partial charge is 0.0634 e. The van der Waals surface area contributed by atoms with Gasteiger partial charge >= 0.3 is 0 Å². The molecule has 2 heterocycles. The predicted octanol–water partition coefficient (Wildman–Crippen LogP) is 1.00. The highest BCUT2D eigenvalue weighted by molar-refractivity contribution is 5.06. The molecule has 4 atom stereocenters. The maximum atomic E-state index is 10.0. The summed E-state index contributed by atoms with van der Waals surface area (Å²) in [5.41, 5.74) is 0.0492. The number of hydrogen-bond acceptors (Lipinski definition) is 2. The minimum atomic E-state index is -0.128. The largest absolute Gasteiger partial charge is 0.392 e. The first-order valence-electron chi connectivity index (χ1n) is 4.91. The molecule has 1 aliphatic carbocycles. The van der Waals surface area contributed by atoms with Crippen molar-refractivity contribution in [3.63, 3.8) is 0 Å². The zero-order chi connectivity index (χ0) is 8.93. The van der Waals surface area contributed by atoms with Crippen molar-refractivity contribution in [1.82, 2.24) is 5.32 Å². The number of nitrogens with one attached hydrogen (secondary N) is 1. The first-order valence-corrected chi connectivity index (χ1v) is 4.91. The Morgan fingerprint density at radius 1 is 1.42 bits per heavy atom. The molecule has 0 aromatic rings. The van der Waals surface area contributed by atoms with Crippen LogP contribution in [0.2, 0.25) is 0 Å². The van der Waals surface area contributed by atoms with Crippen LogP contribution in [0.4, 0.5) is 0 Å². The van der Waals surface area contributed by atoms with Gasteiger partial charge in [-0.2, -0.15) is 0 Å². The summed E-state index contributed by atoms with van der Waals surface area (Å²) in [6.45, 7) is 7.49. The first kappa shape index (κ1) is 8.52. The zero-order valence-corrected chi connectivity index (χ0v) is 8.17. The van der Waals surface area contributed by atoms with Crippen molar-refractivity contribution < 1.29 is 5.11 Å². The molecule has 0 aromatic carbocycles. The summed E-state index contributed by atoms with van der Waals surface area (Å²) in [7, 11) is 0. The number of aliphatic hydroxyl groups excluding tert-OH is 1. The van der Waals surface area contributed by atoms with E-state index in [0.717, 1.165) is 12.5 Å². The molecule has 2 heteroatoms. The van der Waals surface area contributed by atoms with Gasteiger partial charge in [0.15, 0.2) is 0 Å². The van der Waals surface area contributed by atoms with Crippen LogP contribution >= 0.6 is 0 Å². The molecular formula is C10H19NO. The molecule has 2 bridgehead atoms. The molecule has 3 aliphatic rings. The van der Waals surface area contributed by atoms with Crippen molar-refractivity contribution in [3.8, 4) is 0 Å². The highest BCUT2D eigenvalue weighted by atomic mass is 16.3. The molecule has 4 unspecified atom stereocenters. The predicted molar refractivity (Wildman–Crippen MR) is 48.8 cm³/mol. The van der Waals surface area contributed by atoms with Crippen molar-refractivity contribution in [1.29, 1.82) is 0 Å². The molecule has 0 spiro atoms. The molecule has 12 heavy (non-hydrogen) atoms. The summed E-state index contributed by atoms with van der Waals surface area (Å²) >= 11 is 0. The van der Waals surface area contributed by atoms with Gasteiger partial charge in [-0.1, -0.05) is 20.8 Å². The number of hydrogen-bond donors (Lipinski definition) is 2. The van der Waals surface area contributed by atoms with Crippen LogP contribution in [-0.4, -0.2) is 23.8 Å². The Hall–Kier alpha value is -0.0800. The van der Waals surface area contributed by atoms with Crippen LogP contribution in [0.3, 0.4) is 0 Å². The monoisotopic (exact) mass is 169 g/mol. The van der Waals surface area contributed by atoms with Gasteiger partial charge in [-0.3, -0.25) is 0 Å². The molecule has 0 aromatic heterocycles. The Kier molecular flexibility index (Phi) is 1.74. The molecule has 2 N–H and O–H groups in total. The van der Waals surface area contributed by atoms with Crippen LogP contribution in [0, 0.1) is 17.3 Å². The molecular weight excluding hydrogens is 150 g/mol. The normalized spacial score (nSPS) is 42.5. The van der Waals surface area contributed by atoms with E-state index in [1.165, 1.54) is 6.42 Å². The van der Waals surface area contributed by atoms with Crippen molar-refractivity contribution in [2.45, 2.75) is 39.3 Å². The van der Waals surface area contributed by atoms with Crippen LogP contribution < -0.4 is 5.32 Å². The Bertz CT molecular complexity index is 171. The molecule has 0 radical (unpaired) electrons. The summed E-state index contributed by atoms with van der Waals surface area (Å²) in [5.74, 6) is 1.29. The lowest BCUT2D eigenvalue weighted by atomic mass is 9.65. The van der Waals surface area contributed by atoms with E-state index in [-0.39, 0.29) is 11.5 Å². The molecule has 3 fully saturated rings. The van der Waals surface area contributed by atoms with E-state index in [1.54, 1.807) is 0 Å². The van der Waals surface area contributed by atoms with Crippen molar-refractivity contribution in [2.75, 3.05) is 6.54 Å². The molecule has 1 saturated carbocycles. The average molecular weight is 169 g/mol. The SMILES string of the molecule is CC(C)(C)C(O)C1C2CNC1C2. The fourth-order valence-corrected chi connectivity index (χ4v) is 2.57. The van der Waals surface area contributed by atoms with E-state index < -0.39 is 0 Å². The third-order valence-corrected chi connectivity index (χ3v) is 3.46. The van der Waals surface area contributed by atoms with Gasteiger partial charge in [0.05, 0.1) is 6.10 Å². The quantitative estimate of drug-likeness (QED) is 0.614. The Balaban J connectivity index is 2.02. The van der Waals surface area contributed by atoms with Crippen molar-refractivity contribution >= 4 is 0 Å².